The molecule has 16 heavy (non-hydrogen) atoms. The van der Waals surface area contributed by atoms with Crippen LogP contribution in [0.25, 0.3) is 0 Å². The average Bonchev–Trinajstić information content (AvgIpc) is 2.28. The molecule has 2 unspecified atom stereocenters. The summed E-state index contributed by atoms with van der Waals surface area (Å²) in [5, 5.41) is 9.21. The second kappa shape index (κ2) is 6.86. The second-order valence-corrected chi connectivity index (χ2v) is 4.79. The summed E-state index contributed by atoms with van der Waals surface area (Å²) < 4.78 is 0. The van der Waals surface area contributed by atoms with E-state index >= 15 is 0 Å². The minimum atomic E-state index is 0.0524. The van der Waals surface area contributed by atoms with Gasteiger partial charge in [0.25, 0.3) is 0 Å². The maximum Gasteiger partial charge on any atom is 0.222 e. The summed E-state index contributed by atoms with van der Waals surface area (Å²) in [5.41, 5.74) is 5.65. The van der Waals surface area contributed by atoms with E-state index in [2.05, 4.69) is 0 Å². The molecule has 0 spiro atoms. The fraction of sp³-hybridized carbons (Fsp3) is 0.917. The molecule has 1 rings (SSSR count). The maximum absolute atomic E-state index is 11.9. The molecular formula is C12H24N2O2. The van der Waals surface area contributed by atoms with Gasteiger partial charge in [-0.2, -0.15) is 0 Å². The quantitative estimate of drug-likeness (QED) is 0.734. The van der Waals surface area contributed by atoms with E-state index in [-0.39, 0.29) is 24.6 Å². The van der Waals surface area contributed by atoms with Gasteiger partial charge in [0, 0.05) is 19.0 Å². The molecule has 1 aliphatic rings. The van der Waals surface area contributed by atoms with Crippen LogP contribution in [0.15, 0.2) is 0 Å². The molecule has 1 saturated heterocycles. The number of likely N-dealkylation sites (tertiary alicyclic amines) is 1. The number of carbonyl (C=O) groups excluding carboxylic acids is 1. The summed E-state index contributed by atoms with van der Waals surface area (Å²) in [6, 6.07) is 0.222. The molecule has 1 heterocycles. The van der Waals surface area contributed by atoms with E-state index < -0.39 is 0 Å². The van der Waals surface area contributed by atoms with Gasteiger partial charge >= 0.3 is 0 Å². The average molecular weight is 228 g/mol. The van der Waals surface area contributed by atoms with Gasteiger partial charge in [0.05, 0.1) is 12.6 Å². The van der Waals surface area contributed by atoms with Gasteiger partial charge in [0.1, 0.15) is 0 Å². The number of nitrogens with two attached hydrogens (primary N) is 1. The number of piperidine rings is 1. The molecule has 0 aromatic carbocycles. The lowest BCUT2D eigenvalue weighted by atomic mass is 10.0. The van der Waals surface area contributed by atoms with Gasteiger partial charge in [-0.25, -0.2) is 0 Å². The molecule has 1 aliphatic heterocycles. The number of nitrogens with zero attached hydrogens (tertiary/aromatic N) is 1. The van der Waals surface area contributed by atoms with Crippen molar-refractivity contribution < 1.29 is 9.90 Å². The fourth-order valence-electron chi connectivity index (χ4n) is 2.24. The van der Waals surface area contributed by atoms with Crippen LogP contribution in [0.5, 0.6) is 0 Å². The normalized spacial score (nSPS) is 23.2. The summed E-state index contributed by atoms with van der Waals surface area (Å²) in [7, 11) is 0. The van der Waals surface area contributed by atoms with Gasteiger partial charge in [-0.3, -0.25) is 4.79 Å². The summed E-state index contributed by atoms with van der Waals surface area (Å²) in [6.45, 7) is 2.86. The largest absolute Gasteiger partial charge is 0.394 e. The Morgan fingerprint density at radius 3 is 2.94 bits per heavy atom. The molecule has 0 saturated carbocycles. The standard InChI is InChI=1S/C12H24N2O2/c1-10(13)5-4-7-12(16)14-8-3-2-6-11(14)9-15/h10-11,15H,2-9,13H2,1H3. The molecule has 0 aromatic rings. The van der Waals surface area contributed by atoms with Crippen molar-refractivity contribution in [2.45, 2.75) is 57.5 Å². The number of rotatable bonds is 5. The van der Waals surface area contributed by atoms with E-state index in [4.69, 9.17) is 5.73 Å². The van der Waals surface area contributed by atoms with Gasteiger partial charge in [-0.05, 0) is 39.0 Å². The molecule has 4 nitrogen and oxygen atoms in total. The van der Waals surface area contributed by atoms with Gasteiger partial charge in [0.15, 0.2) is 0 Å². The molecule has 0 aromatic heterocycles. The SMILES string of the molecule is CC(N)CCCC(=O)N1CCCCC1CO. The third kappa shape index (κ3) is 4.10. The smallest absolute Gasteiger partial charge is 0.222 e. The van der Waals surface area contributed by atoms with E-state index in [1.807, 2.05) is 11.8 Å². The number of hydrogen-bond donors (Lipinski definition) is 2. The van der Waals surface area contributed by atoms with Gasteiger partial charge < -0.3 is 15.7 Å². The van der Waals surface area contributed by atoms with E-state index in [0.29, 0.717) is 6.42 Å². The van der Waals surface area contributed by atoms with Crippen LogP contribution in [0.4, 0.5) is 0 Å². The number of aliphatic hydroxyl groups is 1. The minimum Gasteiger partial charge on any atom is -0.394 e. The molecule has 2 atom stereocenters. The second-order valence-electron chi connectivity index (χ2n) is 4.79. The van der Waals surface area contributed by atoms with Crippen LogP contribution in [-0.2, 0) is 4.79 Å². The fourth-order valence-corrected chi connectivity index (χ4v) is 2.24. The summed E-state index contributed by atoms with van der Waals surface area (Å²) in [6.07, 6.45) is 5.44. The summed E-state index contributed by atoms with van der Waals surface area (Å²) >= 11 is 0. The van der Waals surface area contributed by atoms with Crippen molar-refractivity contribution in [3.8, 4) is 0 Å². The van der Waals surface area contributed by atoms with Crippen LogP contribution in [0.3, 0.4) is 0 Å². The number of hydrogen-bond acceptors (Lipinski definition) is 3. The molecule has 4 heteroatoms. The predicted octanol–water partition coefficient (Wildman–Crippen LogP) is 0.877. The highest BCUT2D eigenvalue weighted by Crippen LogP contribution is 2.18. The van der Waals surface area contributed by atoms with E-state index in [9.17, 15) is 9.90 Å². The lowest BCUT2D eigenvalue weighted by Crippen LogP contribution is -2.45. The highest BCUT2D eigenvalue weighted by Gasteiger charge is 2.25. The Morgan fingerprint density at radius 2 is 2.31 bits per heavy atom. The van der Waals surface area contributed by atoms with Crippen molar-refractivity contribution >= 4 is 5.91 Å². The Hall–Kier alpha value is -0.610. The molecule has 3 N–H and O–H groups in total. The monoisotopic (exact) mass is 228 g/mol. The third-order valence-corrected chi connectivity index (χ3v) is 3.21. The van der Waals surface area contributed by atoms with Crippen LogP contribution in [0.2, 0.25) is 0 Å². The van der Waals surface area contributed by atoms with Gasteiger partial charge in [0.2, 0.25) is 5.91 Å². The van der Waals surface area contributed by atoms with E-state index in [1.165, 1.54) is 0 Å². The molecule has 1 amide bonds. The Bertz CT molecular complexity index is 219. The Labute approximate surface area is 97.8 Å². The first-order valence-corrected chi connectivity index (χ1v) is 6.31. The molecule has 0 bridgehead atoms. The first-order valence-electron chi connectivity index (χ1n) is 6.31. The molecule has 1 fully saturated rings. The number of aliphatic hydroxyl groups excluding tert-OH is 1. The van der Waals surface area contributed by atoms with E-state index in [1.54, 1.807) is 0 Å². The van der Waals surface area contributed by atoms with Crippen LogP contribution in [0, 0.1) is 0 Å². The van der Waals surface area contributed by atoms with E-state index in [0.717, 1.165) is 38.6 Å². The first-order chi connectivity index (χ1) is 7.65. The van der Waals surface area contributed by atoms with Crippen molar-refractivity contribution in [2.75, 3.05) is 13.2 Å². The van der Waals surface area contributed by atoms with Crippen LogP contribution >= 0.6 is 0 Å². The number of amides is 1. The topological polar surface area (TPSA) is 66.6 Å². The summed E-state index contributed by atoms with van der Waals surface area (Å²) in [4.78, 5) is 13.8. The van der Waals surface area contributed by atoms with Crippen LogP contribution in [0.1, 0.15) is 45.4 Å². The number of carbonyl (C=O) groups is 1. The molecule has 0 aliphatic carbocycles. The predicted molar refractivity (Wildman–Crippen MR) is 63.9 cm³/mol. The zero-order valence-electron chi connectivity index (χ0n) is 10.2. The Morgan fingerprint density at radius 1 is 1.56 bits per heavy atom. The van der Waals surface area contributed by atoms with Crippen molar-refractivity contribution in [1.29, 1.82) is 0 Å². The van der Waals surface area contributed by atoms with Crippen molar-refractivity contribution in [1.82, 2.24) is 4.90 Å². The van der Waals surface area contributed by atoms with Crippen LogP contribution < -0.4 is 5.73 Å². The van der Waals surface area contributed by atoms with Crippen molar-refractivity contribution in [2.24, 2.45) is 5.73 Å². The zero-order chi connectivity index (χ0) is 12.0. The lowest BCUT2D eigenvalue weighted by Gasteiger charge is -2.34. The summed E-state index contributed by atoms with van der Waals surface area (Å²) in [5.74, 6) is 0.180. The van der Waals surface area contributed by atoms with Gasteiger partial charge in [-0.1, -0.05) is 0 Å². The maximum atomic E-state index is 11.9. The first kappa shape index (κ1) is 13.5. The molecule has 94 valence electrons. The van der Waals surface area contributed by atoms with Gasteiger partial charge in [-0.15, -0.1) is 0 Å². The zero-order valence-corrected chi connectivity index (χ0v) is 10.2. The highest BCUT2D eigenvalue weighted by atomic mass is 16.3. The van der Waals surface area contributed by atoms with Crippen molar-refractivity contribution in [3.63, 3.8) is 0 Å². The minimum absolute atomic E-state index is 0.0524. The Kier molecular flexibility index (Phi) is 5.77. The third-order valence-electron chi connectivity index (χ3n) is 3.21. The lowest BCUT2D eigenvalue weighted by molar-refractivity contribution is -0.136. The molecule has 0 radical (unpaired) electrons. The highest BCUT2D eigenvalue weighted by molar-refractivity contribution is 5.76. The van der Waals surface area contributed by atoms with Crippen LogP contribution in [-0.4, -0.2) is 41.1 Å². The van der Waals surface area contributed by atoms with Crippen molar-refractivity contribution in [3.05, 3.63) is 0 Å². The molecular weight excluding hydrogens is 204 g/mol. The Balaban J connectivity index is 2.33.